The zero-order valence-corrected chi connectivity index (χ0v) is 39.7. The van der Waals surface area contributed by atoms with E-state index in [0.29, 0.717) is 13.0 Å². The molecule has 3 N–H and O–H groups in total. The van der Waals surface area contributed by atoms with Gasteiger partial charge in [-0.15, -0.1) is 0 Å². The highest BCUT2D eigenvalue weighted by atomic mass is 31.2. The third kappa shape index (κ3) is 46.6. The highest BCUT2D eigenvalue weighted by Crippen LogP contribution is 2.43. The second-order valence-corrected chi connectivity index (χ2v) is 16.8. The number of aliphatic hydroxyl groups excluding tert-OH is 2. The Bertz CT molecular complexity index is 1330. The molecule has 0 aromatic rings. The highest BCUT2D eigenvalue weighted by molar-refractivity contribution is 7.47. The number of aliphatic hydroxyl groups is 2. The Balaban J connectivity index is 4.21. The Labute approximate surface area is 378 Å². The Morgan fingerprint density at radius 1 is 0.500 bits per heavy atom. The van der Waals surface area contributed by atoms with Crippen molar-refractivity contribution in [3.05, 3.63) is 109 Å². The molecule has 0 aliphatic rings. The van der Waals surface area contributed by atoms with Gasteiger partial charge in [-0.25, -0.2) is 4.57 Å². The molecule has 354 valence electrons. The van der Waals surface area contributed by atoms with Gasteiger partial charge in [0.2, 0.25) is 0 Å². The van der Waals surface area contributed by atoms with Gasteiger partial charge in [0.1, 0.15) is 12.2 Å². The van der Waals surface area contributed by atoms with Crippen molar-refractivity contribution in [3.8, 4) is 0 Å². The van der Waals surface area contributed by atoms with Crippen molar-refractivity contribution < 1.29 is 43.0 Å². The Morgan fingerprint density at radius 3 is 1.31 bits per heavy atom. The quantitative estimate of drug-likeness (QED) is 0.0237. The summed E-state index contributed by atoms with van der Waals surface area (Å²) in [6.07, 6.45) is 61.9. The second kappa shape index (κ2) is 47.6. The fraction of sp³-hybridized carbons (Fsp3) is 0.635. The molecule has 10 heteroatoms. The van der Waals surface area contributed by atoms with Crippen molar-refractivity contribution >= 4 is 13.8 Å². The number of unbranched alkanes of at least 4 members (excludes halogenated alkanes) is 12. The zero-order valence-electron chi connectivity index (χ0n) is 38.8. The van der Waals surface area contributed by atoms with Gasteiger partial charge in [0, 0.05) is 13.0 Å². The monoisotopic (exact) mass is 887 g/mol. The van der Waals surface area contributed by atoms with Crippen LogP contribution in [-0.4, -0.2) is 66.3 Å². The molecule has 0 aromatic carbocycles. The van der Waals surface area contributed by atoms with E-state index in [1.807, 2.05) is 0 Å². The van der Waals surface area contributed by atoms with Crippen LogP contribution in [0.4, 0.5) is 0 Å². The van der Waals surface area contributed by atoms with E-state index in [4.69, 9.17) is 23.6 Å². The first-order chi connectivity index (χ1) is 30.3. The van der Waals surface area contributed by atoms with E-state index in [1.165, 1.54) is 19.3 Å². The standard InChI is InChI=1S/C52H87O9P/c1-3-5-7-9-11-13-15-17-19-21-23-24-25-27-29-31-33-35-37-39-41-43-45-58-48-51(49-60-62(56,57)59-47-50(54)46-53)61-52(55)44-42-40-38-36-34-32-30-28-26-22-20-18-16-14-12-10-8-6-4-2/h5-8,11-14,17-20,23-24,26-29,50-51,53-54H,3-4,9-10,15-16,21-22,25,30-49H2,1-2H3,(H,56,57)/b7-5-,8-6-,13-11-,14-12-,19-17-,20-18-,24-23-,28-26-,29-27-. The van der Waals surface area contributed by atoms with Gasteiger partial charge in [0.15, 0.2) is 0 Å². The first kappa shape index (κ1) is 59.1. The summed E-state index contributed by atoms with van der Waals surface area (Å²) >= 11 is 0. The van der Waals surface area contributed by atoms with Gasteiger partial charge in [-0.3, -0.25) is 13.8 Å². The molecule has 0 heterocycles. The average molecular weight is 887 g/mol. The number of hydrogen-bond donors (Lipinski definition) is 3. The summed E-state index contributed by atoms with van der Waals surface area (Å²) in [5.41, 5.74) is 0. The molecule has 3 atom stereocenters. The summed E-state index contributed by atoms with van der Waals surface area (Å²) in [7, 11) is -4.54. The number of carbonyl (C=O) groups excluding carboxylic acids is 1. The Morgan fingerprint density at radius 2 is 0.871 bits per heavy atom. The van der Waals surface area contributed by atoms with Crippen LogP contribution in [0.2, 0.25) is 0 Å². The van der Waals surface area contributed by atoms with Crippen LogP contribution in [-0.2, 0) is 27.9 Å². The molecule has 3 unspecified atom stereocenters. The van der Waals surface area contributed by atoms with Crippen LogP contribution in [0.3, 0.4) is 0 Å². The number of allylic oxidation sites excluding steroid dienone is 18. The summed E-state index contributed by atoms with van der Waals surface area (Å²) in [6, 6.07) is 0. The maximum atomic E-state index is 12.7. The van der Waals surface area contributed by atoms with Crippen molar-refractivity contribution in [1.82, 2.24) is 0 Å². The van der Waals surface area contributed by atoms with E-state index < -0.39 is 45.8 Å². The molecule has 0 spiro atoms. The topological polar surface area (TPSA) is 132 Å². The first-order valence-electron chi connectivity index (χ1n) is 23.9. The molecule has 0 radical (unpaired) electrons. The lowest BCUT2D eigenvalue weighted by atomic mass is 10.1. The number of esters is 1. The molecule has 9 nitrogen and oxygen atoms in total. The minimum Gasteiger partial charge on any atom is -0.457 e. The van der Waals surface area contributed by atoms with Crippen LogP contribution in [0.1, 0.15) is 168 Å². The number of carbonyl (C=O) groups is 1. The van der Waals surface area contributed by atoms with Crippen LogP contribution in [0.15, 0.2) is 109 Å². The van der Waals surface area contributed by atoms with Gasteiger partial charge in [-0.05, 0) is 96.3 Å². The molecule has 62 heavy (non-hydrogen) atoms. The minimum atomic E-state index is -4.54. The maximum Gasteiger partial charge on any atom is 0.472 e. The van der Waals surface area contributed by atoms with E-state index in [9.17, 15) is 19.4 Å². The molecule has 0 bridgehead atoms. The number of phosphoric ester groups is 1. The fourth-order valence-corrected chi connectivity index (χ4v) is 6.69. The van der Waals surface area contributed by atoms with E-state index in [2.05, 4.69) is 123 Å². The van der Waals surface area contributed by atoms with Gasteiger partial charge < -0.3 is 24.6 Å². The van der Waals surface area contributed by atoms with Crippen molar-refractivity contribution in [3.63, 3.8) is 0 Å². The molecule has 0 saturated heterocycles. The van der Waals surface area contributed by atoms with Crippen LogP contribution < -0.4 is 0 Å². The SMILES string of the molecule is CC/C=C\C/C=C\C/C=C\C/C=C\C/C=C\CCCCCCCCOCC(COP(=O)(O)OCC(O)CO)OC(=O)CCCCCCCC/C=C\C/C=C\C/C=C\C/C=C\CC. The van der Waals surface area contributed by atoms with E-state index in [1.54, 1.807) is 0 Å². The fourth-order valence-electron chi connectivity index (χ4n) is 5.90. The number of ether oxygens (including phenoxy) is 2. The normalized spacial score (nSPS) is 14.9. The zero-order chi connectivity index (χ0) is 45.3. The summed E-state index contributed by atoms with van der Waals surface area (Å²) < 4.78 is 33.4. The van der Waals surface area contributed by atoms with Crippen LogP contribution >= 0.6 is 7.82 Å². The predicted molar refractivity (Wildman–Crippen MR) is 260 cm³/mol. The smallest absolute Gasteiger partial charge is 0.457 e. The predicted octanol–water partition coefficient (Wildman–Crippen LogP) is 13.8. The molecule has 0 fully saturated rings. The van der Waals surface area contributed by atoms with Crippen LogP contribution in [0, 0.1) is 0 Å². The van der Waals surface area contributed by atoms with Crippen molar-refractivity contribution in [1.29, 1.82) is 0 Å². The maximum absolute atomic E-state index is 12.7. The van der Waals surface area contributed by atoms with Crippen molar-refractivity contribution in [2.75, 3.05) is 33.0 Å². The van der Waals surface area contributed by atoms with E-state index in [-0.39, 0.29) is 13.0 Å². The molecule has 0 aromatic heterocycles. The Hall–Kier alpha value is -2.88. The lowest BCUT2D eigenvalue weighted by Gasteiger charge is -2.20. The van der Waals surface area contributed by atoms with Crippen molar-refractivity contribution in [2.45, 2.75) is 180 Å². The highest BCUT2D eigenvalue weighted by Gasteiger charge is 2.26. The molecule has 0 aliphatic carbocycles. The average Bonchev–Trinajstić information content (AvgIpc) is 3.26. The lowest BCUT2D eigenvalue weighted by molar-refractivity contribution is -0.154. The first-order valence-corrected chi connectivity index (χ1v) is 25.4. The van der Waals surface area contributed by atoms with Gasteiger partial charge in [-0.1, -0.05) is 175 Å². The second-order valence-electron chi connectivity index (χ2n) is 15.4. The number of hydrogen-bond acceptors (Lipinski definition) is 8. The molecule has 0 aliphatic heterocycles. The molecule has 0 rings (SSSR count). The largest absolute Gasteiger partial charge is 0.472 e. The summed E-state index contributed by atoms with van der Waals surface area (Å²) in [6.45, 7) is 3.21. The van der Waals surface area contributed by atoms with Gasteiger partial charge >= 0.3 is 13.8 Å². The lowest BCUT2D eigenvalue weighted by Crippen LogP contribution is -2.29. The minimum absolute atomic E-state index is 0.0253. The molecule has 0 saturated carbocycles. The van der Waals surface area contributed by atoms with E-state index in [0.717, 1.165) is 122 Å². The van der Waals surface area contributed by atoms with Gasteiger partial charge in [0.25, 0.3) is 0 Å². The van der Waals surface area contributed by atoms with Crippen LogP contribution in [0.25, 0.3) is 0 Å². The van der Waals surface area contributed by atoms with Crippen molar-refractivity contribution in [2.24, 2.45) is 0 Å². The summed E-state index contributed by atoms with van der Waals surface area (Å²) in [5.74, 6) is -0.407. The summed E-state index contributed by atoms with van der Waals surface area (Å²) in [4.78, 5) is 22.7. The third-order valence-corrected chi connectivity index (χ3v) is 10.4. The van der Waals surface area contributed by atoms with Crippen LogP contribution in [0.5, 0.6) is 0 Å². The Kier molecular flexibility index (Phi) is 45.4. The number of phosphoric acid groups is 1. The number of rotatable bonds is 44. The molecular weight excluding hydrogens is 800 g/mol. The van der Waals surface area contributed by atoms with E-state index >= 15 is 0 Å². The molecular formula is C52H87O9P. The third-order valence-electron chi connectivity index (χ3n) is 9.45. The van der Waals surface area contributed by atoms with Gasteiger partial charge in [0.05, 0.1) is 26.4 Å². The van der Waals surface area contributed by atoms with Gasteiger partial charge in [-0.2, -0.15) is 0 Å². The summed E-state index contributed by atoms with van der Waals surface area (Å²) in [5, 5.41) is 18.4. The molecule has 0 amide bonds.